The molecule has 2 rings (SSSR count). The zero-order valence-electron chi connectivity index (χ0n) is 9.79. The number of aryl methyl sites for hydroxylation is 1. The van der Waals surface area contributed by atoms with Gasteiger partial charge in [-0.25, -0.2) is 8.42 Å². The molecule has 2 aromatic rings. The number of nitrogens with zero attached hydrogens (tertiary/aromatic N) is 2. The first-order valence-electron chi connectivity index (χ1n) is 5.21. The summed E-state index contributed by atoms with van der Waals surface area (Å²) in [4.78, 5) is 0. The minimum Gasteiger partial charge on any atom is -0.268 e. The molecule has 0 amide bonds. The van der Waals surface area contributed by atoms with Crippen LogP contribution in [0, 0.1) is 0 Å². The van der Waals surface area contributed by atoms with Crippen molar-refractivity contribution in [2.75, 3.05) is 6.26 Å². The highest BCUT2D eigenvalue weighted by atomic mass is 32.2. The lowest BCUT2D eigenvalue weighted by atomic mass is 10.1. The molecule has 90 valence electrons. The zero-order valence-corrected chi connectivity index (χ0v) is 10.6. The predicted octanol–water partition coefficient (Wildman–Crippen LogP) is 1.63. The summed E-state index contributed by atoms with van der Waals surface area (Å²) in [5, 5.41) is 4.10. The van der Waals surface area contributed by atoms with Crippen molar-refractivity contribution in [3.05, 3.63) is 42.1 Å². The lowest BCUT2D eigenvalue weighted by Gasteiger charge is -2.08. The Labute approximate surface area is 101 Å². The van der Waals surface area contributed by atoms with E-state index in [-0.39, 0.29) is 5.75 Å². The molecule has 5 heteroatoms. The summed E-state index contributed by atoms with van der Waals surface area (Å²) in [6.07, 6.45) is 2.94. The second-order valence-electron chi connectivity index (χ2n) is 4.07. The van der Waals surface area contributed by atoms with Gasteiger partial charge in [-0.2, -0.15) is 5.10 Å². The summed E-state index contributed by atoms with van der Waals surface area (Å²) in [6.45, 7) is 0. The first kappa shape index (κ1) is 11.9. The molecule has 1 aromatic carbocycles. The second kappa shape index (κ2) is 4.33. The van der Waals surface area contributed by atoms with E-state index in [0.717, 1.165) is 16.8 Å². The summed E-state index contributed by atoms with van der Waals surface area (Å²) >= 11 is 0. The topological polar surface area (TPSA) is 52.0 Å². The number of hydrogen-bond acceptors (Lipinski definition) is 3. The van der Waals surface area contributed by atoms with Crippen LogP contribution in [0.4, 0.5) is 0 Å². The van der Waals surface area contributed by atoms with E-state index in [9.17, 15) is 8.42 Å². The fraction of sp³-hybridized carbons (Fsp3) is 0.250. The Bertz CT molecular complexity index is 629. The highest BCUT2D eigenvalue weighted by molar-refractivity contribution is 7.89. The van der Waals surface area contributed by atoms with Crippen molar-refractivity contribution in [1.82, 2.24) is 9.78 Å². The molecule has 0 aliphatic heterocycles. The van der Waals surface area contributed by atoms with Crippen LogP contribution in [-0.4, -0.2) is 24.5 Å². The third-order valence-corrected chi connectivity index (χ3v) is 3.37. The Kier molecular flexibility index (Phi) is 3.02. The molecule has 0 unspecified atom stereocenters. The predicted molar refractivity (Wildman–Crippen MR) is 67.2 cm³/mol. The molecular formula is C12H14N2O2S. The largest absolute Gasteiger partial charge is 0.268 e. The summed E-state index contributed by atoms with van der Waals surface area (Å²) < 4.78 is 24.5. The van der Waals surface area contributed by atoms with Gasteiger partial charge in [0.2, 0.25) is 0 Å². The van der Waals surface area contributed by atoms with E-state index in [1.807, 2.05) is 37.4 Å². The van der Waals surface area contributed by atoms with Gasteiger partial charge >= 0.3 is 0 Å². The van der Waals surface area contributed by atoms with Crippen LogP contribution in [0.25, 0.3) is 11.3 Å². The molecule has 17 heavy (non-hydrogen) atoms. The van der Waals surface area contributed by atoms with Gasteiger partial charge in [0, 0.05) is 25.1 Å². The molecule has 0 saturated carbocycles. The van der Waals surface area contributed by atoms with Crippen molar-refractivity contribution in [2.45, 2.75) is 5.75 Å². The Morgan fingerprint density at radius 3 is 2.53 bits per heavy atom. The average Bonchev–Trinajstić information content (AvgIpc) is 2.63. The third-order valence-electron chi connectivity index (χ3n) is 2.53. The SMILES string of the molecule is Cn1nccc1-c1ccccc1CS(C)(=O)=O. The first-order valence-corrected chi connectivity index (χ1v) is 7.27. The lowest BCUT2D eigenvalue weighted by molar-refractivity contribution is 0.601. The van der Waals surface area contributed by atoms with E-state index < -0.39 is 9.84 Å². The number of hydrogen-bond donors (Lipinski definition) is 0. The fourth-order valence-corrected chi connectivity index (χ4v) is 2.63. The molecule has 0 saturated heterocycles. The molecule has 0 bridgehead atoms. The van der Waals surface area contributed by atoms with Crippen molar-refractivity contribution in [2.24, 2.45) is 7.05 Å². The summed E-state index contributed by atoms with van der Waals surface area (Å²) in [7, 11) is -1.19. The van der Waals surface area contributed by atoms with Gasteiger partial charge in [0.05, 0.1) is 11.4 Å². The van der Waals surface area contributed by atoms with Gasteiger partial charge in [-0.1, -0.05) is 24.3 Å². The van der Waals surface area contributed by atoms with E-state index in [0.29, 0.717) is 0 Å². The molecule has 0 aliphatic rings. The van der Waals surface area contributed by atoms with Crippen LogP contribution in [0.2, 0.25) is 0 Å². The van der Waals surface area contributed by atoms with Crippen molar-refractivity contribution in [3.8, 4) is 11.3 Å². The Hall–Kier alpha value is -1.62. The van der Waals surface area contributed by atoms with Gasteiger partial charge < -0.3 is 0 Å². The minimum absolute atomic E-state index is 0.0500. The van der Waals surface area contributed by atoms with Crippen LogP contribution in [0.15, 0.2) is 36.5 Å². The maximum absolute atomic E-state index is 11.4. The third kappa shape index (κ3) is 2.74. The smallest absolute Gasteiger partial charge is 0.151 e. The van der Waals surface area contributed by atoms with Gasteiger partial charge in [-0.3, -0.25) is 4.68 Å². The van der Waals surface area contributed by atoms with Crippen LogP contribution in [0.1, 0.15) is 5.56 Å². The van der Waals surface area contributed by atoms with Gasteiger partial charge in [-0.05, 0) is 11.6 Å². The summed E-state index contributed by atoms with van der Waals surface area (Å²) in [6, 6.07) is 9.37. The van der Waals surface area contributed by atoms with Crippen molar-refractivity contribution in [3.63, 3.8) is 0 Å². The van der Waals surface area contributed by atoms with E-state index in [2.05, 4.69) is 5.10 Å². The van der Waals surface area contributed by atoms with Crippen molar-refractivity contribution in [1.29, 1.82) is 0 Å². The molecule has 0 N–H and O–H groups in total. The molecule has 1 heterocycles. The van der Waals surface area contributed by atoms with Crippen LogP contribution >= 0.6 is 0 Å². The van der Waals surface area contributed by atoms with Crippen LogP contribution in [0.5, 0.6) is 0 Å². The zero-order chi connectivity index (χ0) is 12.5. The lowest BCUT2D eigenvalue weighted by Crippen LogP contribution is -2.03. The first-order chi connectivity index (χ1) is 7.97. The van der Waals surface area contributed by atoms with Crippen molar-refractivity contribution >= 4 is 9.84 Å². The second-order valence-corrected chi connectivity index (χ2v) is 6.21. The van der Waals surface area contributed by atoms with Gasteiger partial charge in [0.25, 0.3) is 0 Å². The van der Waals surface area contributed by atoms with Gasteiger partial charge in [0.15, 0.2) is 9.84 Å². The highest BCUT2D eigenvalue weighted by Gasteiger charge is 2.12. The molecule has 0 aliphatic carbocycles. The number of rotatable bonds is 3. The van der Waals surface area contributed by atoms with Gasteiger partial charge in [-0.15, -0.1) is 0 Å². The normalized spacial score (nSPS) is 11.6. The molecule has 0 fully saturated rings. The highest BCUT2D eigenvalue weighted by Crippen LogP contribution is 2.24. The molecule has 4 nitrogen and oxygen atoms in total. The molecular weight excluding hydrogens is 236 g/mol. The van der Waals surface area contributed by atoms with E-state index in [4.69, 9.17) is 0 Å². The fourth-order valence-electron chi connectivity index (χ4n) is 1.82. The number of sulfone groups is 1. The quantitative estimate of drug-likeness (QED) is 0.832. The van der Waals surface area contributed by atoms with Gasteiger partial charge in [0.1, 0.15) is 0 Å². The summed E-state index contributed by atoms with van der Waals surface area (Å²) in [5.41, 5.74) is 2.64. The maximum atomic E-state index is 11.4. The average molecular weight is 250 g/mol. The molecule has 0 spiro atoms. The number of aromatic nitrogens is 2. The monoisotopic (exact) mass is 250 g/mol. The molecule has 1 aromatic heterocycles. The van der Waals surface area contributed by atoms with E-state index in [1.165, 1.54) is 6.26 Å². The Morgan fingerprint density at radius 2 is 1.94 bits per heavy atom. The molecule has 0 atom stereocenters. The standard InChI is InChI=1S/C12H14N2O2S/c1-14-12(7-8-13-14)11-6-4-3-5-10(11)9-17(2,15)16/h3-8H,9H2,1-2H3. The Morgan fingerprint density at radius 1 is 1.24 bits per heavy atom. The van der Waals surface area contributed by atoms with Crippen LogP contribution in [0.3, 0.4) is 0 Å². The van der Waals surface area contributed by atoms with Crippen LogP contribution in [-0.2, 0) is 22.6 Å². The molecule has 0 radical (unpaired) electrons. The maximum Gasteiger partial charge on any atom is 0.151 e. The Balaban J connectivity index is 2.52. The van der Waals surface area contributed by atoms with Crippen LogP contribution < -0.4 is 0 Å². The summed E-state index contributed by atoms with van der Waals surface area (Å²) in [5.74, 6) is 0.0500. The minimum atomic E-state index is -3.03. The van der Waals surface area contributed by atoms with E-state index >= 15 is 0 Å². The number of benzene rings is 1. The van der Waals surface area contributed by atoms with E-state index in [1.54, 1.807) is 10.9 Å². The van der Waals surface area contributed by atoms with Crippen molar-refractivity contribution < 1.29 is 8.42 Å².